The Morgan fingerprint density at radius 1 is 0.850 bits per heavy atom. The number of hydrogen-bond acceptors (Lipinski definition) is 4. The van der Waals surface area contributed by atoms with Gasteiger partial charge in [0.2, 0.25) is 0 Å². The van der Waals surface area contributed by atoms with Gasteiger partial charge in [-0.15, -0.1) is 0 Å². The molecule has 0 aromatic heterocycles. The molecule has 0 amide bonds. The van der Waals surface area contributed by atoms with Crippen LogP contribution in [0.25, 0.3) is 0 Å². The zero-order valence-electron chi connectivity index (χ0n) is 11.4. The molecule has 0 aliphatic rings. The van der Waals surface area contributed by atoms with E-state index in [0.717, 1.165) is 5.56 Å². The van der Waals surface area contributed by atoms with E-state index < -0.39 is 0 Å². The molecule has 4 heteroatoms. The van der Waals surface area contributed by atoms with E-state index in [0.29, 0.717) is 28.4 Å². The second-order valence-corrected chi connectivity index (χ2v) is 4.16. The third-order valence-electron chi connectivity index (χ3n) is 2.81. The maximum absolute atomic E-state index is 5.87. The first kappa shape index (κ1) is 13.6. The number of hydrogen-bond donors (Lipinski definition) is 2. The molecule has 0 fully saturated rings. The van der Waals surface area contributed by atoms with Crippen LogP contribution in [0.1, 0.15) is 11.1 Å². The molecule has 0 aliphatic carbocycles. The molecule has 0 heterocycles. The van der Waals surface area contributed by atoms with Crippen LogP contribution in [0, 0.1) is 11.8 Å². The van der Waals surface area contributed by atoms with Gasteiger partial charge in [0.15, 0.2) is 0 Å². The van der Waals surface area contributed by atoms with Crippen LogP contribution in [0.3, 0.4) is 0 Å². The van der Waals surface area contributed by atoms with Crippen LogP contribution in [0.15, 0.2) is 36.4 Å². The number of benzene rings is 2. The summed E-state index contributed by atoms with van der Waals surface area (Å²) in [6.07, 6.45) is 0. The Bertz CT molecular complexity index is 642. The second kappa shape index (κ2) is 5.89. The molecule has 2 aromatic rings. The van der Waals surface area contributed by atoms with E-state index >= 15 is 0 Å². The summed E-state index contributed by atoms with van der Waals surface area (Å²) in [7, 11) is 3.19. The zero-order valence-corrected chi connectivity index (χ0v) is 11.4. The lowest BCUT2D eigenvalue weighted by Gasteiger charge is -2.05. The molecule has 0 radical (unpaired) electrons. The van der Waals surface area contributed by atoms with Gasteiger partial charge in [-0.25, -0.2) is 0 Å². The van der Waals surface area contributed by atoms with Crippen LogP contribution in [0.5, 0.6) is 11.5 Å². The van der Waals surface area contributed by atoms with Crippen molar-refractivity contribution in [1.82, 2.24) is 0 Å². The molecule has 0 atom stereocenters. The fraction of sp³-hybridized carbons (Fsp3) is 0.125. The lowest BCUT2D eigenvalue weighted by Crippen LogP contribution is -1.96. The van der Waals surface area contributed by atoms with E-state index in [4.69, 9.17) is 20.9 Å². The number of ether oxygens (including phenoxy) is 2. The highest BCUT2D eigenvalue weighted by Gasteiger charge is 2.01. The van der Waals surface area contributed by atoms with Crippen LogP contribution in [0.4, 0.5) is 11.4 Å². The van der Waals surface area contributed by atoms with E-state index in [1.54, 1.807) is 38.5 Å². The Morgan fingerprint density at radius 3 is 1.90 bits per heavy atom. The normalized spacial score (nSPS) is 9.50. The van der Waals surface area contributed by atoms with Crippen LogP contribution < -0.4 is 20.9 Å². The molecular weight excluding hydrogens is 252 g/mol. The van der Waals surface area contributed by atoms with Crippen molar-refractivity contribution in [2.75, 3.05) is 25.7 Å². The van der Waals surface area contributed by atoms with Gasteiger partial charge in [-0.2, -0.15) is 0 Å². The van der Waals surface area contributed by atoms with Gasteiger partial charge in [-0.1, -0.05) is 17.9 Å². The minimum atomic E-state index is 0.562. The molecule has 20 heavy (non-hydrogen) atoms. The van der Waals surface area contributed by atoms with Crippen LogP contribution >= 0.6 is 0 Å². The molecule has 0 spiro atoms. The molecule has 0 bridgehead atoms. The Balaban J connectivity index is 2.42. The van der Waals surface area contributed by atoms with Crippen molar-refractivity contribution < 1.29 is 9.47 Å². The van der Waals surface area contributed by atoms with E-state index in [-0.39, 0.29) is 0 Å². The first-order chi connectivity index (χ1) is 9.63. The quantitative estimate of drug-likeness (QED) is 0.647. The number of nitrogen functional groups attached to an aromatic ring is 2. The second-order valence-electron chi connectivity index (χ2n) is 4.16. The largest absolute Gasteiger partial charge is 0.497 e. The molecule has 0 saturated heterocycles. The van der Waals surface area contributed by atoms with Crippen molar-refractivity contribution in [3.8, 4) is 23.3 Å². The number of methoxy groups -OCH3 is 2. The monoisotopic (exact) mass is 268 g/mol. The molecule has 0 unspecified atom stereocenters. The SMILES string of the molecule is COc1cc(C#Cc2c(N)cccc2N)cc(OC)c1. The highest BCUT2D eigenvalue weighted by Crippen LogP contribution is 2.22. The Kier molecular flexibility index (Phi) is 4.02. The summed E-state index contributed by atoms with van der Waals surface area (Å²) in [5, 5.41) is 0. The molecule has 2 rings (SSSR count). The maximum atomic E-state index is 5.87. The maximum Gasteiger partial charge on any atom is 0.123 e. The van der Waals surface area contributed by atoms with Crippen LogP contribution in [-0.4, -0.2) is 14.2 Å². The average molecular weight is 268 g/mol. The van der Waals surface area contributed by atoms with Gasteiger partial charge in [-0.05, 0) is 24.3 Å². The van der Waals surface area contributed by atoms with E-state index in [1.807, 2.05) is 12.1 Å². The fourth-order valence-corrected chi connectivity index (χ4v) is 1.75. The summed E-state index contributed by atoms with van der Waals surface area (Å²) < 4.78 is 10.4. The topological polar surface area (TPSA) is 70.5 Å². The summed E-state index contributed by atoms with van der Waals surface area (Å²) in [6.45, 7) is 0. The lowest BCUT2D eigenvalue weighted by atomic mass is 10.1. The molecule has 4 N–H and O–H groups in total. The fourth-order valence-electron chi connectivity index (χ4n) is 1.75. The van der Waals surface area contributed by atoms with Crippen molar-refractivity contribution in [2.45, 2.75) is 0 Å². The van der Waals surface area contributed by atoms with Crippen molar-refractivity contribution in [3.05, 3.63) is 47.5 Å². The predicted molar refractivity (Wildman–Crippen MR) is 80.8 cm³/mol. The van der Waals surface area contributed by atoms with Gasteiger partial charge in [0.1, 0.15) is 11.5 Å². The highest BCUT2D eigenvalue weighted by atomic mass is 16.5. The summed E-state index contributed by atoms with van der Waals surface area (Å²) in [4.78, 5) is 0. The minimum absolute atomic E-state index is 0.562. The van der Waals surface area contributed by atoms with Crippen molar-refractivity contribution in [1.29, 1.82) is 0 Å². The Labute approximate surface area is 118 Å². The van der Waals surface area contributed by atoms with Crippen molar-refractivity contribution >= 4 is 11.4 Å². The predicted octanol–water partition coefficient (Wildman–Crippen LogP) is 2.27. The van der Waals surface area contributed by atoms with Gasteiger partial charge in [0.25, 0.3) is 0 Å². The first-order valence-corrected chi connectivity index (χ1v) is 6.03. The van der Waals surface area contributed by atoms with Crippen LogP contribution in [-0.2, 0) is 0 Å². The molecule has 0 aliphatic heterocycles. The first-order valence-electron chi connectivity index (χ1n) is 6.03. The number of anilines is 2. The Morgan fingerprint density at radius 2 is 1.40 bits per heavy atom. The molecular formula is C16H16N2O2. The number of nitrogens with two attached hydrogens (primary N) is 2. The van der Waals surface area contributed by atoms with E-state index in [2.05, 4.69) is 11.8 Å². The standard InChI is InChI=1S/C16H16N2O2/c1-19-12-8-11(9-13(10-12)20-2)6-7-14-15(17)4-3-5-16(14)18/h3-5,8-10H,17-18H2,1-2H3. The van der Waals surface area contributed by atoms with Crippen molar-refractivity contribution in [2.24, 2.45) is 0 Å². The smallest absolute Gasteiger partial charge is 0.123 e. The Hall–Kier alpha value is -2.80. The zero-order chi connectivity index (χ0) is 14.5. The summed E-state index contributed by atoms with van der Waals surface area (Å²) >= 11 is 0. The summed E-state index contributed by atoms with van der Waals surface area (Å²) in [6, 6.07) is 10.8. The third kappa shape index (κ3) is 2.96. The minimum Gasteiger partial charge on any atom is -0.497 e. The van der Waals surface area contributed by atoms with Gasteiger partial charge < -0.3 is 20.9 Å². The van der Waals surface area contributed by atoms with Crippen LogP contribution in [0.2, 0.25) is 0 Å². The molecule has 2 aromatic carbocycles. The van der Waals surface area contributed by atoms with Gasteiger partial charge >= 0.3 is 0 Å². The average Bonchev–Trinajstić information content (AvgIpc) is 2.46. The molecule has 0 saturated carbocycles. The number of rotatable bonds is 2. The third-order valence-corrected chi connectivity index (χ3v) is 2.81. The lowest BCUT2D eigenvalue weighted by molar-refractivity contribution is 0.394. The summed E-state index contributed by atoms with van der Waals surface area (Å²) in [5.74, 6) is 7.38. The van der Waals surface area contributed by atoms with Gasteiger partial charge in [0.05, 0.1) is 19.8 Å². The highest BCUT2D eigenvalue weighted by molar-refractivity contribution is 5.69. The molecule has 102 valence electrons. The van der Waals surface area contributed by atoms with Gasteiger partial charge in [0, 0.05) is 23.0 Å². The van der Waals surface area contributed by atoms with Gasteiger partial charge in [-0.3, -0.25) is 0 Å². The summed E-state index contributed by atoms with van der Waals surface area (Å²) in [5.41, 5.74) is 14.3. The van der Waals surface area contributed by atoms with E-state index in [9.17, 15) is 0 Å². The molecule has 4 nitrogen and oxygen atoms in total. The van der Waals surface area contributed by atoms with E-state index in [1.165, 1.54) is 0 Å². The van der Waals surface area contributed by atoms with Crippen molar-refractivity contribution in [3.63, 3.8) is 0 Å².